The third kappa shape index (κ3) is 5.13. The summed E-state index contributed by atoms with van der Waals surface area (Å²) in [6.45, 7) is 9.64. The third-order valence-electron chi connectivity index (χ3n) is 2.73. The van der Waals surface area contributed by atoms with Gasteiger partial charge in [0.2, 0.25) is 0 Å². The van der Waals surface area contributed by atoms with E-state index in [4.69, 9.17) is 0 Å². The van der Waals surface area contributed by atoms with Crippen LogP contribution in [0.5, 0.6) is 0 Å². The molecule has 0 fully saturated rings. The van der Waals surface area contributed by atoms with Crippen molar-refractivity contribution in [2.24, 2.45) is 0 Å². The highest BCUT2D eigenvalue weighted by Gasteiger charge is 2.13. The van der Waals surface area contributed by atoms with Gasteiger partial charge in [0, 0.05) is 24.3 Å². The Balaban J connectivity index is 2.40. The second-order valence-electron chi connectivity index (χ2n) is 5.53. The topological polar surface area (TPSA) is 29.9 Å². The standard InChI is InChI=1S/C13H25N3S/c1-11(6-7-17-5)14-8-12-9-15-16(10-12)13(2,3)4/h9-11,14H,6-8H2,1-5H3. The maximum absolute atomic E-state index is 4.40. The molecule has 1 atom stereocenters. The van der Waals surface area contributed by atoms with Crippen molar-refractivity contribution in [3.05, 3.63) is 18.0 Å². The summed E-state index contributed by atoms with van der Waals surface area (Å²) in [5.41, 5.74) is 1.33. The van der Waals surface area contributed by atoms with Crippen molar-refractivity contribution in [2.45, 2.75) is 52.2 Å². The monoisotopic (exact) mass is 255 g/mol. The van der Waals surface area contributed by atoms with E-state index in [0.717, 1.165) is 6.54 Å². The first kappa shape index (κ1) is 14.6. The maximum Gasteiger partial charge on any atom is 0.0543 e. The van der Waals surface area contributed by atoms with Gasteiger partial charge in [0.1, 0.15) is 0 Å². The Kier molecular flexibility index (Phi) is 5.53. The first-order chi connectivity index (χ1) is 7.93. The zero-order valence-electron chi connectivity index (χ0n) is 11.7. The van der Waals surface area contributed by atoms with Gasteiger partial charge in [-0.25, -0.2) is 0 Å². The summed E-state index contributed by atoms with van der Waals surface area (Å²) in [7, 11) is 0. The Hall–Kier alpha value is -0.480. The Morgan fingerprint density at radius 2 is 2.18 bits per heavy atom. The van der Waals surface area contributed by atoms with Gasteiger partial charge < -0.3 is 5.32 Å². The number of hydrogen-bond donors (Lipinski definition) is 1. The minimum Gasteiger partial charge on any atom is -0.310 e. The van der Waals surface area contributed by atoms with Crippen LogP contribution in [0.25, 0.3) is 0 Å². The smallest absolute Gasteiger partial charge is 0.0543 e. The predicted molar refractivity (Wildman–Crippen MR) is 76.5 cm³/mol. The number of rotatable bonds is 6. The summed E-state index contributed by atoms with van der Waals surface area (Å²) in [6, 6.07) is 0.570. The van der Waals surface area contributed by atoms with Crippen LogP contribution in [0.4, 0.5) is 0 Å². The van der Waals surface area contributed by atoms with Crippen molar-refractivity contribution in [3.8, 4) is 0 Å². The zero-order valence-corrected chi connectivity index (χ0v) is 12.5. The van der Waals surface area contributed by atoms with Crippen LogP contribution in [0.15, 0.2) is 12.4 Å². The summed E-state index contributed by atoms with van der Waals surface area (Å²) < 4.78 is 2.02. The SMILES string of the molecule is CSCCC(C)NCc1cnn(C(C)(C)C)c1. The van der Waals surface area contributed by atoms with Crippen molar-refractivity contribution in [1.29, 1.82) is 0 Å². The average molecular weight is 255 g/mol. The van der Waals surface area contributed by atoms with Gasteiger partial charge in [-0.1, -0.05) is 0 Å². The van der Waals surface area contributed by atoms with Crippen LogP contribution in [0, 0.1) is 0 Å². The van der Waals surface area contributed by atoms with Crippen LogP contribution in [-0.4, -0.2) is 27.8 Å². The molecule has 1 aromatic heterocycles. The van der Waals surface area contributed by atoms with E-state index in [9.17, 15) is 0 Å². The molecular formula is C13H25N3S. The highest BCUT2D eigenvalue weighted by atomic mass is 32.2. The summed E-state index contributed by atoms with van der Waals surface area (Å²) in [5.74, 6) is 1.22. The van der Waals surface area contributed by atoms with E-state index in [1.807, 2.05) is 22.6 Å². The van der Waals surface area contributed by atoms with Gasteiger partial charge in [-0.2, -0.15) is 16.9 Å². The molecule has 1 N–H and O–H groups in total. The molecule has 0 aromatic carbocycles. The molecule has 1 rings (SSSR count). The molecule has 0 aliphatic carbocycles. The molecule has 1 unspecified atom stereocenters. The fraction of sp³-hybridized carbons (Fsp3) is 0.769. The fourth-order valence-electron chi connectivity index (χ4n) is 1.51. The molecule has 3 nitrogen and oxygen atoms in total. The number of nitrogens with zero attached hydrogens (tertiary/aromatic N) is 2. The van der Waals surface area contributed by atoms with Gasteiger partial charge in [0.25, 0.3) is 0 Å². The van der Waals surface area contributed by atoms with Crippen LogP contribution in [0.2, 0.25) is 0 Å². The second kappa shape index (κ2) is 6.45. The zero-order chi connectivity index (χ0) is 12.9. The number of nitrogens with one attached hydrogen (secondary N) is 1. The van der Waals surface area contributed by atoms with E-state index in [1.54, 1.807) is 0 Å². The van der Waals surface area contributed by atoms with Crippen molar-refractivity contribution in [1.82, 2.24) is 15.1 Å². The van der Waals surface area contributed by atoms with Gasteiger partial charge in [0.15, 0.2) is 0 Å². The van der Waals surface area contributed by atoms with Gasteiger partial charge >= 0.3 is 0 Å². The molecule has 0 aliphatic heterocycles. The molecule has 98 valence electrons. The molecule has 0 saturated heterocycles. The van der Waals surface area contributed by atoms with Crippen molar-refractivity contribution in [2.75, 3.05) is 12.0 Å². The largest absolute Gasteiger partial charge is 0.310 e. The lowest BCUT2D eigenvalue weighted by molar-refractivity contribution is 0.355. The van der Waals surface area contributed by atoms with Gasteiger partial charge in [0.05, 0.1) is 11.7 Å². The van der Waals surface area contributed by atoms with Crippen LogP contribution in [-0.2, 0) is 12.1 Å². The molecule has 1 heterocycles. The van der Waals surface area contributed by atoms with Crippen LogP contribution in [0.1, 0.15) is 39.7 Å². The number of hydrogen-bond acceptors (Lipinski definition) is 3. The molecule has 0 spiro atoms. The fourth-order valence-corrected chi connectivity index (χ4v) is 2.10. The summed E-state index contributed by atoms with van der Waals surface area (Å²) in [4.78, 5) is 0. The normalized spacial score (nSPS) is 13.9. The Morgan fingerprint density at radius 3 is 2.71 bits per heavy atom. The molecule has 1 aromatic rings. The van der Waals surface area contributed by atoms with Crippen LogP contribution in [0.3, 0.4) is 0 Å². The first-order valence-electron chi connectivity index (χ1n) is 6.20. The minimum atomic E-state index is 0.0721. The van der Waals surface area contributed by atoms with E-state index in [0.29, 0.717) is 6.04 Å². The summed E-state index contributed by atoms with van der Waals surface area (Å²) >= 11 is 1.90. The van der Waals surface area contributed by atoms with Gasteiger partial charge in [-0.05, 0) is 46.1 Å². The highest BCUT2D eigenvalue weighted by molar-refractivity contribution is 7.98. The van der Waals surface area contributed by atoms with Gasteiger partial charge in [-0.15, -0.1) is 0 Å². The highest BCUT2D eigenvalue weighted by Crippen LogP contribution is 2.13. The maximum atomic E-state index is 4.40. The summed E-state index contributed by atoms with van der Waals surface area (Å²) in [6.07, 6.45) is 7.46. The molecular weight excluding hydrogens is 230 g/mol. The molecule has 0 bridgehead atoms. The molecule has 4 heteroatoms. The Bertz CT molecular complexity index is 328. The third-order valence-corrected chi connectivity index (χ3v) is 3.38. The first-order valence-corrected chi connectivity index (χ1v) is 7.59. The van der Waals surface area contributed by atoms with Crippen molar-refractivity contribution >= 4 is 11.8 Å². The number of aromatic nitrogens is 2. The van der Waals surface area contributed by atoms with Crippen LogP contribution < -0.4 is 5.32 Å². The molecule has 0 radical (unpaired) electrons. The van der Waals surface area contributed by atoms with E-state index in [-0.39, 0.29) is 5.54 Å². The molecule has 0 aliphatic rings. The lowest BCUT2D eigenvalue weighted by Gasteiger charge is -2.18. The minimum absolute atomic E-state index is 0.0721. The molecule has 0 amide bonds. The van der Waals surface area contributed by atoms with Crippen molar-refractivity contribution in [3.63, 3.8) is 0 Å². The predicted octanol–water partition coefficient (Wildman–Crippen LogP) is 2.87. The molecule has 0 saturated carbocycles. The Morgan fingerprint density at radius 1 is 1.47 bits per heavy atom. The number of thioether (sulfide) groups is 1. The van der Waals surface area contributed by atoms with Crippen molar-refractivity contribution < 1.29 is 0 Å². The van der Waals surface area contributed by atoms with E-state index < -0.39 is 0 Å². The van der Waals surface area contributed by atoms with Crippen LogP contribution >= 0.6 is 11.8 Å². The summed E-state index contributed by atoms with van der Waals surface area (Å²) in [5, 5.41) is 7.93. The second-order valence-corrected chi connectivity index (χ2v) is 6.51. The lowest BCUT2D eigenvalue weighted by atomic mass is 10.1. The Labute approximate surface area is 109 Å². The van der Waals surface area contributed by atoms with E-state index in [2.05, 4.69) is 50.6 Å². The van der Waals surface area contributed by atoms with Gasteiger partial charge in [-0.3, -0.25) is 4.68 Å². The van der Waals surface area contributed by atoms with E-state index in [1.165, 1.54) is 17.7 Å². The molecule has 17 heavy (non-hydrogen) atoms. The quantitative estimate of drug-likeness (QED) is 0.847. The lowest BCUT2D eigenvalue weighted by Crippen LogP contribution is -2.26. The van der Waals surface area contributed by atoms with E-state index >= 15 is 0 Å². The average Bonchev–Trinajstić information content (AvgIpc) is 2.71.